The first-order valence-corrected chi connectivity index (χ1v) is 6.63. The average molecular weight is 236 g/mol. The molecule has 1 aliphatic rings. The second kappa shape index (κ2) is 5.69. The molecule has 0 bridgehead atoms. The molecule has 2 atom stereocenters. The second-order valence-corrected chi connectivity index (χ2v) is 5.50. The maximum absolute atomic E-state index is 6.02. The van der Waals surface area contributed by atoms with Crippen molar-refractivity contribution in [2.45, 2.75) is 45.2 Å². The van der Waals surface area contributed by atoms with Crippen LogP contribution in [-0.4, -0.2) is 24.5 Å². The van der Waals surface area contributed by atoms with Crippen molar-refractivity contribution >= 4 is 0 Å². The summed E-state index contributed by atoms with van der Waals surface area (Å²) in [6.45, 7) is 4.02. The van der Waals surface area contributed by atoms with E-state index in [4.69, 9.17) is 10.2 Å². The van der Waals surface area contributed by atoms with Crippen LogP contribution in [0, 0.1) is 12.8 Å². The van der Waals surface area contributed by atoms with E-state index in [1.54, 1.807) is 0 Å². The van der Waals surface area contributed by atoms with E-state index in [2.05, 4.69) is 18.0 Å². The van der Waals surface area contributed by atoms with Crippen molar-refractivity contribution < 1.29 is 4.42 Å². The Bertz CT molecular complexity index is 348. The first-order chi connectivity index (χ1) is 8.13. The minimum Gasteiger partial charge on any atom is -0.465 e. The van der Waals surface area contributed by atoms with E-state index in [1.165, 1.54) is 25.7 Å². The molecular formula is C14H24N2O. The monoisotopic (exact) mass is 236 g/mol. The summed E-state index contributed by atoms with van der Waals surface area (Å²) in [5, 5.41) is 0. The van der Waals surface area contributed by atoms with E-state index < -0.39 is 0 Å². The van der Waals surface area contributed by atoms with Gasteiger partial charge in [0.2, 0.25) is 0 Å². The van der Waals surface area contributed by atoms with Gasteiger partial charge in [0.05, 0.1) is 6.54 Å². The molecule has 96 valence electrons. The van der Waals surface area contributed by atoms with Crippen LogP contribution < -0.4 is 5.73 Å². The number of nitrogens with zero attached hydrogens (tertiary/aromatic N) is 1. The van der Waals surface area contributed by atoms with Crippen molar-refractivity contribution in [3.05, 3.63) is 23.7 Å². The number of rotatable bonds is 4. The van der Waals surface area contributed by atoms with Crippen LogP contribution in [0.25, 0.3) is 0 Å². The standard InChI is InChI=1S/C14H24N2O/c1-11-6-7-14(17-11)10-16(2)9-12-4-3-5-13(15)8-12/h6-7,12-13H,3-5,8-10,15H2,1-2H3. The first-order valence-electron chi connectivity index (χ1n) is 6.63. The molecule has 2 rings (SSSR count). The van der Waals surface area contributed by atoms with Crippen LogP contribution in [0.2, 0.25) is 0 Å². The van der Waals surface area contributed by atoms with E-state index in [-0.39, 0.29) is 0 Å². The third kappa shape index (κ3) is 3.86. The van der Waals surface area contributed by atoms with Crippen molar-refractivity contribution in [3.63, 3.8) is 0 Å². The SMILES string of the molecule is Cc1ccc(CN(C)CC2CCCC(N)C2)o1. The van der Waals surface area contributed by atoms with E-state index >= 15 is 0 Å². The second-order valence-electron chi connectivity index (χ2n) is 5.50. The minimum atomic E-state index is 0.424. The summed E-state index contributed by atoms with van der Waals surface area (Å²) in [6, 6.07) is 4.52. The number of hydrogen-bond donors (Lipinski definition) is 1. The quantitative estimate of drug-likeness (QED) is 0.873. The molecule has 1 aliphatic carbocycles. The molecule has 0 radical (unpaired) electrons. The van der Waals surface area contributed by atoms with E-state index in [0.717, 1.165) is 30.5 Å². The van der Waals surface area contributed by atoms with Crippen LogP contribution in [0.15, 0.2) is 16.5 Å². The van der Waals surface area contributed by atoms with Gasteiger partial charge in [0.25, 0.3) is 0 Å². The van der Waals surface area contributed by atoms with Gasteiger partial charge in [-0.25, -0.2) is 0 Å². The molecule has 1 aromatic rings. The van der Waals surface area contributed by atoms with Gasteiger partial charge >= 0.3 is 0 Å². The number of furan rings is 1. The summed E-state index contributed by atoms with van der Waals surface area (Å²) in [5.74, 6) is 2.82. The Morgan fingerprint density at radius 3 is 2.88 bits per heavy atom. The Balaban J connectivity index is 1.78. The summed E-state index contributed by atoms with van der Waals surface area (Å²) in [5.41, 5.74) is 6.02. The maximum Gasteiger partial charge on any atom is 0.118 e. The summed E-state index contributed by atoms with van der Waals surface area (Å²) in [4.78, 5) is 2.35. The molecule has 2 N–H and O–H groups in total. The van der Waals surface area contributed by atoms with Gasteiger partial charge in [-0.1, -0.05) is 6.42 Å². The Morgan fingerprint density at radius 1 is 1.41 bits per heavy atom. The molecule has 1 saturated carbocycles. The van der Waals surface area contributed by atoms with Gasteiger partial charge in [0.1, 0.15) is 11.5 Å². The highest BCUT2D eigenvalue weighted by atomic mass is 16.3. The van der Waals surface area contributed by atoms with Crippen LogP contribution in [0.4, 0.5) is 0 Å². The fourth-order valence-corrected chi connectivity index (χ4v) is 2.84. The third-order valence-corrected chi connectivity index (χ3v) is 3.62. The van der Waals surface area contributed by atoms with Gasteiger partial charge in [-0.15, -0.1) is 0 Å². The summed E-state index contributed by atoms with van der Waals surface area (Å²) in [7, 11) is 2.16. The molecule has 1 fully saturated rings. The van der Waals surface area contributed by atoms with Crippen molar-refractivity contribution in [1.29, 1.82) is 0 Å². The lowest BCUT2D eigenvalue weighted by molar-refractivity contribution is 0.205. The molecule has 3 nitrogen and oxygen atoms in total. The summed E-state index contributed by atoms with van der Waals surface area (Å²) in [6.07, 6.45) is 5.01. The predicted molar refractivity (Wildman–Crippen MR) is 69.7 cm³/mol. The Hall–Kier alpha value is -0.800. The first kappa shape index (κ1) is 12.7. The topological polar surface area (TPSA) is 42.4 Å². The van der Waals surface area contributed by atoms with Crippen LogP contribution in [0.1, 0.15) is 37.2 Å². The third-order valence-electron chi connectivity index (χ3n) is 3.62. The maximum atomic E-state index is 6.02. The molecule has 0 spiro atoms. The lowest BCUT2D eigenvalue weighted by Gasteiger charge is -2.29. The Labute approximate surface area is 104 Å². The average Bonchev–Trinajstić information content (AvgIpc) is 2.63. The highest BCUT2D eigenvalue weighted by Crippen LogP contribution is 2.24. The normalized spacial score (nSPS) is 25.4. The van der Waals surface area contributed by atoms with E-state index in [0.29, 0.717) is 6.04 Å². The molecule has 0 aromatic carbocycles. The Kier molecular flexibility index (Phi) is 4.24. The molecule has 17 heavy (non-hydrogen) atoms. The Morgan fingerprint density at radius 2 is 2.24 bits per heavy atom. The number of hydrogen-bond acceptors (Lipinski definition) is 3. The van der Waals surface area contributed by atoms with Crippen molar-refractivity contribution in [3.8, 4) is 0 Å². The van der Waals surface area contributed by atoms with Crippen molar-refractivity contribution in [2.75, 3.05) is 13.6 Å². The molecule has 1 heterocycles. The summed E-state index contributed by atoms with van der Waals surface area (Å²) < 4.78 is 5.60. The molecule has 0 amide bonds. The molecular weight excluding hydrogens is 212 g/mol. The van der Waals surface area contributed by atoms with Crippen molar-refractivity contribution in [2.24, 2.45) is 11.7 Å². The van der Waals surface area contributed by atoms with Crippen LogP contribution in [0.3, 0.4) is 0 Å². The highest BCUT2D eigenvalue weighted by Gasteiger charge is 2.20. The summed E-state index contributed by atoms with van der Waals surface area (Å²) >= 11 is 0. The van der Waals surface area contributed by atoms with E-state index in [9.17, 15) is 0 Å². The number of aryl methyl sites for hydroxylation is 1. The van der Waals surface area contributed by atoms with E-state index in [1.807, 2.05) is 13.0 Å². The zero-order valence-corrected chi connectivity index (χ0v) is 11.0. The lowest BCUT2D eigenvalue weighted by Crippen LogP contribution is -2.34. The zero-order valence-electron chi connectivity index (χ0n) is 11.0. The fraction of sp³-hybridized carbons (Fsp3) is 0.714. The van der Waals surface area contributed by atoms with Crippen LogP contribution >= 0.6 is 0 Å². The van der Waals surface area contributed by atoms with Crippen LogP contribution in [0.5, 0.6) is 0 Å². The van der Waals surface area contributed by atoms with Gasteiger partial charge in [0, 0.05) is 12.6 Å². The molecule has 0 saturated heterocycles. The molecule has 0 aliphatic heterocycles. The molecule has 2 unspecified atom stereocenters. The van der Waals surface area contributed by atoms with Gasteiger partial charge in [0.15, 0.2) is 0 Å². The van der Waals surface area contributed by atoms with Crippen LogP contribution in [-0.2, 0) is 6.54 Å². The van der Waals surface area contributed by atoms with Gasteiger partial charge in [-0.3, -0.25) is 4.90 Å². The van der Waals surface area contributed by atoms with Crippen molar-refractivity contribution in [1.82, 2.24) is 4.90 Å². The fourth-order valence-electron chi connectivity index (χ4n) is 2.84. The molecule has 1 aromatic heterocycles. The largest absolute Gasteiger partial charge is 0.465 e. The minimum absolute atomic E-state index is 0.424. The highest BCUT2D eigenvalue weighted by molar-refractivity contribution is 5.05. The van der Waals surface area contributed by atoms with Gasteiger partial charge in [-0.05, 0) is 51.3 Å². The van der Waals surface area contributed by atoms with Gasteiger partial charge in [-0.2, -0.15) is 0 Å². The smallest absolute Gasteiger partial charge is 0.118 e. The van der Waals surface area contributed by atoms with Gasteiger partial charge < -0.3 is 10.2 Å². The molecule has 3 heteroatoms. The lowest BCUT2D eigenvalue weighted by atomic mass is 9.86. The zero-order chi connectivity index (χ0) is 12.3. The predicted octanol–water partition coefficient (Wildman–Crippen LogP) is 2.54. The number of nitrogens with two attached hydrogens (primary N) is 1.